The Kier molecular flexibility index (Phi) is 7.34. The second-order valence-electron chi connectivity index (χ2n) is 6.18. The lowest BCUT2D eigenvalue weighted by atomic mass is 10.0. The number of ether oxygens (including phenoxy) is 1. The van der Waals surface area contributed by atoms with Crippen LogP contribution in [0.5, 0.6) is 5.75 Å². The van der Waals surface area contributed by atoms with Gasteiger partial charge >= 0.3 is 0 Å². The van der Waals surface area contributed by atoms with Gasteiger partial charge in [0.15, 0.2) is 0 Å². The molecule has 0 heterocycles. The molecule has 2 aromatic carbocycles. The molecule has 0 saturated heterocycles. The van der Waals surface area contributed by atoms with Crippen molar-refractivity contribution in [2.24, 2.45) is 5.92 Å². The van der Waals surface area contributed by atoms with E-state index in [0.29, 0.717) is 13.2 Å². The van der Waals surface area contributed by atoms with E-state index in [2.05, 4.69) is 12.2 Å². The van der Waals surface area contributed by atoms with Crippen molar-refractivity contribution in [2.45, 2.75) is 46.3 Å². The first-order valence-electron chi connectivity index (χ1n) is 8.72. The molecule has 24 heavy (non-hydrogen) atoms. The van der Waals surface area contributed by atoms with Gasteiger partial charge in [0.2, 0.25) is 5.91 Å². The predicted molar refractivity (Wildman–Crippen MR) is 97.8 cm³/mol. The molecule has 1 unspecified atom stereocenters. The van der Waals surface area contributed by atoms with Gasteiger partial charge in [0.25, 0.3) is 0 Å². The van der Waals surface area contributed by atoms with Crippen LogP contribution >= 0.6 is 0 Å². The number of benzene rings is 2. The fraction of sp³-hybridized carbons (Fsp3) is 0.381. The maximum atomic E-state index is 12.0. The van der Waals surface area contributed by atoms with Crippen molar-refractivity contribution in [3.8, 4) is 5.75 Å². The van der Waals surface area contributed by atoms with Crippen LogP contribution < -0.4 is 10.1 Å². The highest BCUT2D eigenvalue weighted by molar-refractivity contribution is 5.78. The minimum absolute atomic E-state index is 0.0866. The van der Waals surface area contributed by atoms with E-state index in [4.69, 9.17) is 4.74 Å². The second kappa shape index (κ2) is 9.76. The Bertz CT molecular complexity index is 607. The smallest absolute Gasteiger partial charge is 0.223 e. The molecule has 0 radical (unpaired) electrons. The van der Waals surface area contributed by atoms with Gasteiger partial charge in [-0.25, -0.2) is 0 Å². The van der Waals surface area contributed by atoms with Crippen LogP contribution in [0, 0.1) is 5.92 Å². The second-order valence-corrected chi connectivity index (χ2v) is 6.18. The van der Waals surface area contributed by atoms with Crippen molar-refractivity contribution in [3.05, 3.63) is 65.7 Å². The molecule has 0 aromatic heterocycles. The van der Waals surface area contributed by atoms with Crippen LogP contribution in [0.3, 0.4) is 0 Å². The molecule has 0 aliphatic rings. The van der Waals surface area contributed by atoms with Crippen LogP contribution in [0.2, 0.25) is 0 Å². The SMILES string of the molecule is CCCCC(C)C(=O)NCc1ccc(COc2ccccc2)cc1. The van der Waals surface area contributed by atoms with Crippen molar-refractivity contribution < 1.29 is 9.53 Å². The van der Waals surface area contributed by atoms with Crippen molar-refractivity contribution in [3.63, 3.8) is 0 Å². The summed E-state index contributed by atoms with van der Waals surface area (Å²) in [6.07, 6.45) is 3.19. The minimum Gasteiger partial charge on any atom is -0.489 e. The normalized spacial score (nSPS) is 11.8. The van der Waals surface area contributed by atoms with Crippen LogP contribution in [0.25, 0.3) is 0 Å². The molecule has 2 aromatic rings. The van der Waals surface area contributed by atoms with E-state index >= 15 is 0 Å². The molecule has 2 rings (SSSR count). The molecule has 0 fully saturated rings. The molecule has 0 aliphatic carbocycles. The lowest BCUT2D eigenvalue weighted by Crippen LogP contribution is -2.28. The Morgan fingerprint density at radius 3 is 2.38 bits per heavy atom. The fourth-order valence-electron chi connectivity index (χ4n) is 2.44. The zero-order valence-electron chi connectivity index (χ0n) is 14.6. The topological polar surface area (TPSA) is 38.3 Å². The lowest BCUT2D eigenvalue weighted by molar-refractivity contribution is -0.124. The maximum absolute atomic E-state index is 12.0. The van der Waals surface area contributed by atoms with Crippen LogP contribution in [-0.2, 0) is 17.9 Å². The molecule has 1 N–H and O–H groups in total. The Balaban J connectivity index is 1.76. The third kappa shape index (κ3) is 6.07. The molecule has 1 atom stereocenters. The summed E-state index contributed by atoms with van der Waals surface area (Å²) in [5.74, 6) is 1.10. The van der Waals surface area contributed by atoms with Gasteiger partial charge < -0.3 is 10.1 Å². The fourth-order valence-corrected chi connectivity index (χ4v) is 2.44. The molecular weight excluding hydrogens is 298 g/mol. The van der Waals surface area contributed by atoms with Gasteiger partial charge in [0.1, 0.15) is 12.4 Å². The predicted octanol–water partition coefficient (Wildman–Crippen LogP) is 4.71. The van der Waals surface area contributed by atoms with Gasteiger partial charge in [-0.3, -0.25) is 4.79 Å². The molecule has 3 heteroatoms. The van der Waals surface area contributed by atoms with Gasteiger partial charge in [-0.2, -0.15) is 0 Å². The van der Waals surface area contributed by atoms with Crippen molar-refractivity contribution in [2.75, 3.05) is 0 Å². The molecule has 3 nitrogen and oxygen atoms in total. The first-order chi connectivity index (χ1) is 11.7. The summed E-state index contributed by atoms with van der Waals surface area (Å²) in [6.45, 7) is 5.27. The number of hydrogen-bond donors (Lipinski definition) is 1. The van der Waals surface area contributed by atoms with E-state index in [-0.39, 0.29) is 11.8 Å². The van der Waals surface area contributed by atoms with E-state index in [1.807, 2.05) is 61.5 Å². The lowest BCUT2D eigenvalue weighted by Gasteiger charge is -2.12. The van der Waals surface area contributed by atoms with Crippen LogP contribution in [0.15, 0.2) is 54.6 Å². The maximum Gasteiger partial charge on any atom is 0.223 e. The minimum atomic E-state index is 0.0866. The first kappa shape index (κ1) is 18.1. The third-order valence-electron chi connectivity index (χ3n) is 4.08. The van der Waals surface area contributed by atoms with E-state index in [1.54, 1.807) is 0 Å². The van der Waals surface area contributed by atoms with Crippen LogP contribution in [0.1, 0.15) is 44.2 Å². The highest BCUT2D eigenvalue weighted by Crippen LogP contribution is 2.13. The van der Waals surface area contributed by atoms with E-state index < -0.39 is 0 Å². The average Bonchev–Trinajstić information content (AvgIpc) is 2.64. The Hall–Kier alpha value is -2.29. The quantitative estimate of drug-likeness (QED) is 0.725. The standard InChI is InChI=1S/C21H27NO2/c1-3-4-8-17(2)21(23)22-15-18-11-13-19(14-12-18)16-24-20-9-6-5-7-10-20/h5-7,9-14,17H,3-4,8,15-16H2,1-2H3,(H,22,23). The molecule has 0 saturated carbocycles. The molecule has 0 spiro atoms. The van der Waals surface area contributed by atoms with Crippen molar-refractivity contribution in [1.82, 2.24) is 5.32 Å². The number of carbonyl (C=O) groups excluding carboxylic acids is 1. The number of nitrogens with one attached hydrogen (secondary N) is 1. The molecule has 1 amide bonds. The zero-order chi connectivity index (χ0) is 17.2. The summed E-state index contributed by atoms with van der Waals surface area (Å²) in [4.78, 5) is 12.0. The number of unbranched alkanes of at least 4 members (excludes halogenated alkanes) is 1. The molecular formula is C21H27NO2. The Morgan fingerprint density at radius 2 is 1.71 bits per heavy atom. The van der Waals surface area contributed by atoms with Crippen molar-refractivity contribution in [1.29, 1.82) is 0 Å². The van der Waals surface area contributed by atoms with Crippen molar-refractivity contribution >= 4 is 5.91 Å². The summed E-state index contributed by atoms with van der Waals surface area (Å²) >= 11 is 0. The summed E-state index contributed by atoms with van der Waals surface area (Å²) in [6, 6.07) is 18.0. The highest BCUT2D eigenvalue weighted by atomic mass is 16.5. The third-order valence-corrected chi connectivity index (χ3v) is 4.08. The van der Waals surface area contributed by atoms with E-state index in [1.165, 1.54) is 0 Å². The summed E-state index contributed by atoms with van der Waals surface area (Å²) in [5, 5.41) is 3.01. The van der Waals surface area contributed by atoms with E-state index in [9.17, 15) is 4.79 Å². The number of rotatable bonds is 9. The number of hydrogen-bond acceptors (Lipinski definition) is 2. The highest BCUT2D eigenvalue weighted by Gasteiger charge is 2.11. The molecule has 0 aliphatic heterocycles. The number of carbonyl (C=O) groups is 1. The summed E-state index contributed by atoms with van der Waals surface area (Å²) in [5.41, 5.74) is 2.22. The number of para-hydroxylation sites is 1. The van der Waals surface area contributed by atoms with Gasteiger partial charge in [0.05, 0.1) is 0 Å². The zero-order valence-corrected chi connectivity index (χ0v) is 14.6. The largest absolute Gasteiger partial charge is 0.489 e. The average molecular weight is 325 g/mol. The van der Waals surface area contributed by atoms with Gasteiger partial charge in [-0.05, 0) is 29.7 Å². The van der Waals surface area contributed by atoms with Gasteiger partial charge in [-0.1, -0.05) is 69.2 Å². The van der Waals surface area contributed by atoms with Gasteiger partial charge in [-0.15, -0.1) is 0 Å². The van der Waals surface area contributed by atoms with Crippen LogP contribution in [-0.4, -0.2) is 5.91 Å². The Labute approximate surface area is 145 Å². The van der Waals surface area contributed by atoms with Crippen LogP contribution in [0.4, 0.5) is 0 Å². The summed E-state index contributed by atoms with van der Waals surface area (Å²) in [7, 11) is 0. The monoisotopic (exact) mass is 325 g/mol. The first-order valence-corrected chi connectivity index (χ1v) is 8.72. The summed E-state index contributed by atoms with van der Waals surface area (Å²) < 4.78 is 5.73. The Morgan fingerprint density at radius 1 is 1.04 bits per heavy atom. The van der Waals surface area contributed by atoms with Gasteiger partial charge in [0, 0.05) is 12.5 Å². The van der Waals surface area contributed by atoms with E-state index in [0.717, 1.165) is 36.1 Å². The molecule has 128 valence electrons. The number of amides is 1. The molecule has 0 bridgehead atoms.